The minimum Gasteiger partial charge on any atom is -0.493 e. The van der Waals surface area contributed by atoms with Crippen LogP contribution in [0.3, 0.4) is 0 Å². The molecular formula is C23H18FN3O3. The Labute approximate surface area is 173 Å². The second-order valence-electron chi connectivity index (χ2n) is 6.19. The second kappa shape index (κ2) is 9.85. The van der Waals surface area contributed by atoms with Crippen LogP contribution in [0.1, 0.15) is 27.0 Å². The highest BCUT2D eigenvalue weighted by Crippen LogP contribution is 2.28. The molecular weight excluding hydrogens is 385 g/mol. The lowest BCUT2D eigenvalue weighted by Crippen LogP contribution is -2.19. The molecule has 1 amide bonds. The van der Waals surface area contributed by atoms with E-state index in [4.69, 9.17) is 14.7 Å². The van der Waals surface area contributed by atoms with Crippen molar-refractivity contribution < 1.29 is 18.7 Å². The maximum atomic E-state index is 13.9. The molecule has 3 aromatic rings. The van der Waals surface area contributed by atoms with E-state index in [0.717, 1.165) is 11.6 Å². The molecule has 7 heteroatoms. The highest BCUT2D eigenvalue weighted by atomic mass is 19.1. The lowest BCUT2D eigenvalue weighted by atomic mass is 10.1. The Morgan fingerprint density at radius 2 is 1.93 bits per heavy atom. The number of ether oxygens (including phenoxy) is 2. The van der Waals surface area contributed by atoms with Crippen LogP contribution in [0.15, 0.2) is 71.8 Å². The molecule has 0 spiro atoms. The Morgan fingerprint density at radius 3 is 2.63 bits per heavy atom. The Hall–Kier alpha value is -4.18. The van der Waals surface area contributed by atoms with Crippen molar-refractivity contribution in [2.45, 2.75) is 6.61 Å². The number of halogens is 1. The van der Waals surface area contributed by atoms with Crippen molar-refractivity contribution in [2.24, 2.45) is 5.10 Å². The molecule has 0 heterocycles. The van der Waals surface area contributed by atoms with Crippen LogP contribution in [0.5, 0.6) is 11.5 Å². The van der Waals surface area contributed by atoms with Gasteiger partial charge >= 0.3 is 0 Å². The third kappa shape index (κ3) is 5.20. The quantitative estimate of drug-likeness (QED) is 0.477. The van der Waals surface area contributed by atoms with Gasteiger partial charge in [0.25, 0.3) is 5.91 Å². The van der Waals surface area contributed by atoms with E-state index in [0.29, 0.717) is 23.7 Å². The zero-order chi connectivity index (χ0) is 21.3. The molecule has 0 aliphatic carbocycles. The highest BCUT2D eigenvalue weighted by Gasteiger charge is 2.11. The number of carbonyl (C=O) groups excluding carboxylic acids is 1. The van der Waals surface area contributed by atoms with Gasteiger partial charge in [-0.1, -0.05) is 30.3 Å². The molecule has 1 N–H and O–H groups in total. The summed E-state index contributed by atoms with van der Waals surface area (Å²) in [5, 5.41) is 12.6. The van der Waals surface area contributed by atoms with Crippen LogP contribution in [0, 0.1) is 17.1 Å². The lowest BCUT2D eigenvalue weighted by Gasteiger charge is -2.11. The number of rotatable bonds is 7. The van der Waals surface area contributed by atoms with Gasteiger partial charge in [0.2, 0.25) is 0 Å². The minimum atomic E-state index is -0.789. The molecule has 0 aliphatic heterocycles. The second-order valence-corrected chi connectivity index (χ2v) is 6.19. The first kappa shape index (κ1) is 20.6. The molecule has 0 aromatic heterocycles. The third-order valence-electron chi connectivity index (χ3n) is 4.15. The normalized spacial score (nSPS) is 10.4. The maximum absolute atomic E-state index is 13.9. The van der Waals surface area contributed by atoms with E-state index in [-0.39, 0.29) is 11.1 Å². The van der Waals surface area contributed by atoms with Gasteiger partial charge in [-0.15, -0.1) is 0 Å². The van der Waals surface area contributed by atoms with Gasteiger partial charge in [0, 0.05) is 0 Å². The molecule has 0 aliphatic rings. The molecule has 3 aromatic carbocycles. The summed E-state index contributed by atoms with van der Waals surface area (Å²) < 4.78 is 25.1. The van der Waals surface area contributed by atoms with Gasteiger partial charge in [-0.3, -0.25) is 4.79 Å². The Balaban J connectivity index is 1.68. The average Bonchev–Trinajstić information content (AvgIpc) is 2.78. The zero-order valence-electron chi connectivity index (χ0n) is 16.1. The molecule has 150 valence electrons. The Bertz CT molecular complexity index is 1110. The molecule has 6 nitrogen and oxygen atoms in total. The molecule has 0 atom stereocenters. The molecule has 3 rings (SSSR count). The highest BCUT2D eigenvalue weighted by molar-refractivity contribution is 5.95. The largest absolute Gasteiger partial charge is 0.493 e. The first-order valence-electron chi connectivity index (χ1n) is 8.98. The Morgan fingerprint density at radius 1 is 1.13 bits per heavy atom. The van der Waals surface area contributed by atoms with Gasteiger partial charge in [-0.25, -0.2) is 9.82 Å². The van der Waals surface area contributed by atoms with E-state index in [9.17, 15) is 9.18 Å². The van der Waals surface area contributed by atoms with Crippen LogP contribution in [0.25, 0.3) is 0 Å². The molecule has 30 heavy (non-hydrogen) atoms. The van der Waals surface area contributed by atoms with E-state index in [1.54, 1.807) is 25.3 Å². The van der Waals surface area contributed by atoms with Crippen LogP contribution < -0.4 is 14.9 Å². The van der Waals surface area contributed by atoms with E-state index in [2.05, 4.69) is 10.5 Å². The molecule has 0 unspecified atom stereocenters. The van der Waals surface area contributed by atoms with Crippen LogP contribution in [0.4, 0.5) is 4.39 Å². The fourth-order valence-corrected chi connectivity index (χ4v) is 2.62. The predicted molar refractivity (Wildman–Crippen MR) is 110 cm³/mol. The summed E-state index contributed by atoms with van der Waals surface area (Å²) in [4.78, 5) is 12.1. The summed E-state index contributed by atoms with van der Waals surface area (Å²) in [6, 6.07) is 20.3. The fourth-order valence-electron chi connectivity index (χ4n) is 2.62. The summed E-state index contributed by atoms with van der Waals surface area (Å²) in [5.41, 5.74) is 3.86. The van der Waals surface area contributed by atoms with Gasteiger partial charge < -0.3 is 9.47 Å². The number of nitrogens with zero attached hydrogens (tertiary/aromatic N) is 2. The first-order valence-corrected chi connectivity index (χ1v) is 8.98. The number of nitriles is 1. The number of benzene rings is 3. The zero-order valence-corrected chi connectivity index (χ0v) is 16.1. The van der Waals surface area contributed by atoms with Crippen LogP contribution in [-0.2, 0) is 6.61 Å². The monoisotopic (exact) mass is 403 g/mol. The van der Waals surface area contributed by atoms with Crippen molar-refractivity contribution in [1.82, 2.24) is 5.43 Å². The van der Waals surface area contributed by atoms with Crippen molar-refractivity contribution in [3.63, 3.8) is 0 Å². The van der Waals surface area contributed by atoms with Gasteiger partial charge in [0.15, 0.2) is 11.5 Å². The standard InChI is InChI=1S/C23H18FN3O3/c1-29-21-10-8-18(12-22(21)30-15-16-5-3-2-4-6-16)14-26-27-23(28)19-9-7-17(13-25)11-20(19)24/h2-12,14H,15H2,1H3,(H,27,28)/b26-14-. The van der Waals surface area contributed by atoms with Crippen molar-refractivity contribution in [1.29, 1.82) is 5.26 Å². The molecule has 0 bridgehead atoms. The van der Waals surface area contributed by atoms with Crippen molar-refractivity contribution in [3.05, 3.63) is 94.8 Å². The summed E-state index contributed by atoms with van der Waals surface area (Å²) in [6.45, 7) is 0.368. The molecule has 0 fully saturated rings. The third-order valence-corrected chi connectivity index (χ3v) is 4.15. The van der Waals surface area contributed by atoms with Gasteiger partial charge in [0.1, 0.15) is 12.4 Å². The molecule has 0 saturated heterocycles. The van der Waals surface area contributed by atoms with E-state index in [1.165, 1.54) is 18.3 Å². The number of hydrazone groups is 1. The van der Waals surface area contributed by atoms with Crippen molar-refractivity contribution in [2.75, 3.05) is 7.11 Å². The number of carbonyl (C=O) groups is 1. The number of amides is 1. The fraction of sp³-hybridized carbons (Fsp3) is 0.0870. The van der Waals surface area contributed by atoms with Crippen LogP contribution in [0.2, 0.25) is 0 Å². The van der Waals surface area contributed by atoms with Crippen LogP contribution in [-0.4, -0.2) is 19.2 Å². The maximum Gasteiger partial charge on any atom is 0.274 e. The number of methoxy groups -OCH3 is 1. The summed E-state index contributed by atoms with van der Waals surface area (Å²) in [6.07, 6.45) is 1.41. The SMILES string of the molecule is COc1ccc(/C=N\NC(=O)c2ccc(C#N)cc2F)cc1OCc1ccccc1. The van der Waals surface area contributed by atoms with Gasteiger partial charge in [0.05, 0.1) is 30.5 Å². The number of hydrogen-bond donors (Lipinski definition) is 1. The van der Waals surface area contributed by atoms with Crippen LogP contribution >= 0.6 is 0 Å². The van der Waals surface area contributed by atoms with Gasteiger partial charge in [-0.2, -0.15) is 10.4 Å². The topological polar surface area (TPSA) is 83.7 Å². The van der Waals surface area contributed by atoms with Crippen molar-refractivity contribution in [3.8, 4) is 17.6 Å². The summed E-state index contributed by atoms with van der Waals surface area (Å²) in [5.74, 6) is -0.424. The first-order chi connectivity index (χ1) is 14.6. The van der Waals surface area contributed by atoms with Gasteiger partial charge in [-0.05, 0) is 47.5 Å². The Kier molecular flexibility index (Phi) is 6.74. The number of hydrogen-bond acceptors (Lipinski definition) is 5. The van der Waals surface area contributed by atoms with E-state index < -0.39 is 11.7 Å². The molecule has 0 saturated carbocycles. The average molecular weight is 403 g/mol. The van der Waals surface area contributed by atoms with E-state index >= 15 is 0 Å². The minimum absolute atomic E-state index is 0.133. The lowest BCUT2D eigenvalue weighted by molar-refractivity contribution is 0.0951. The molecule has 0 radical (unpaired) electrons. The summed E-state index contributed by atoms with van der Waals surface area (Å²) in [7, 11) is 1.55. The summed E-state index contributed by atoms with van der Waals surface area (Å²) >= 11 is 0. The predicted octanol–water partition coefficient (Wildman–Crippen LogP) is 4.05. The van der Waals surface area contributed by atoms with E-state index in [1.807, 2.05) is 36.4 Å². The number of nitrogens with one attached hydrogen (secondary N) is 1. The van der Waals surface area contributed by atoms with Crippen molar-refractivity contribution >= 4 is 12.1 Å². The smallest absolute Gasteiger partial charge is 0.274 e.